The van der Waals surface area contributed by atoms with Crippen molar-refractivity contribution in [1.82, 2.24) is 9.80 Å². The highest BCUT2D eigenvalue weighted by Gasteiger charge is 2.22. The normalized spacial score (nSPS) is 28.7. The Bertz CT molecular complexity index is 138. The molecule has 0 saturated carbocycles. The molecule has 1 rings (SSSR count). The van der Waals surface area contributed by atoms with Crippen LogP contribution in [0.4, 0.5) is 0 Å². The van der Waals surface area contributed by atoms with Gasteiger partial charge in [0.1, 0.15) is 6.29 Å². The van der Waals surface area contributed by atoms with Crippen LogP contribution in [0.25, 0.3) is 0 Å². The van der Waals surface area contributed by atoms with Crippen LogP contribution in [0, 0.1) is 0 Å². The molecular weight excluding hydrogens is 140 g/mol. The molecule has 11 heavy (non-hydrogen) atoms. The zero-order chi connectivity index (χ0) is 8.27. The average Bonchev–Trinajstić information content (AvgIpc) is 2.04. The molecule has 0 aromatic rings. The number of hydrogen-bond donors (Lipinski definition) is 0. The lowest BCUT2D eigenvalue weighted by Gasteiger charge is -2.36. The van der Waals surface area contributed by atoms with E-state index in [0.29, 0.717) is 0 Å². The highest BCUT2D eigenvalue weighted by atomic mass is 16.1. The number of aldehydes is 1. The first-order valence-electron chi connectivity index (χ1n) is 4.15. The van der Waals surface area contributed by atoms with E-state index >= 15 is 0 Å². The van der Waals surface area contributed by atoms with Crippen LogP contribution in [0.15, 0.2) is 0 Å². The van der Waals surface area contributed by atoms with Crippen LogP contribution in [-0.2, 0) is 4.79 Å². The summed E-state index contributed by atoms with van der Waals surface area (Å²) in [5, 5.41) is 0. The largest absolute Gasteiger partial charge is 0.302 e. The van der Waals surface area contributed by atoms with Crippen LogP contribution in [0.3, 0.4) is 0 Å². The minimum absolute atomic E-state index is 0.163. The SMILES string of the molecule is CCN1CN(C)CCC1C=O. The molecular formula is C8H16N2O. The maximum absolute atomic E-state index is 10.6. The van der Waals surface area contributed by atoms with Gasteiger partial charge < -0.3 is 4.79 Å². The van der Waals surface area contributed by atoms with E-state index in [1.807, 2.05) is 0 Å². The summed E-state index contributed by atoms with van der Waals surface area (Å²) in [7, 11) is 2.09. The van der Waals surface area contributed by atoms with E-state index < -0.39 is 0 Å². The summed E-state index contributed by atoms with van der Waals surface area (Å²) in [6.07, 6.45) is 2.05. The molecule has 64 valence electrons. The predicted molar refractivity (Wildman–Crippen MR) is 44.3 cm³/mol. The monoisotopic (exact) mass is 156 g/mol. The molecule has 0 amide bonds. The number of hydrogen-bond acceptors (Lipinski definition) is 3. The number of carbonyl (C=O) groups is 1. The van der Waals surface area contributed by atoms with Crippen LogP contribution < -0.4 is 0 Å². The Balaban J connectivity index is 2.47. The van der Waals surface area contributed by atoms with E-state index in [-0.39, 0.29) is 6.04 Å². The first-order chi connectivity index (χ1) is 5.27. The van der Waals surface area contributed by atoms with Crippen LogP contribution in [0.2, 0.25) is 0 Å². The van der Waals surface area contributed by atoms with E-state index in [0.717, 1.165) is 32.5 Å². The maximum atomic E-state index is 10.6. The molecule has 0 radical (unpaired) electrons. The molecule has 3 heteroatoms. The van der Waals surface area contributed by atoms with Crippen molar-refractivity contribution in [2.75, 3.05) is 26.8 Å². The van der Waals surface area contributed by atoms with Gasteiger partial charge in [0.15, 0.2) is 0 Å². The molecule has 0 bridgehead atoms. The number of carbonyl (C=O) groups excluding carboxylic acids is 1. The van der Waals surface area contributed by atoms with Gasteiger partial charge in [-0.15, -0.1) is 0 Å². The van der Waals surface area contributed by atoms with Crippen LogP contribution in [0.5, 0.6) is 0 Å². The Morgan fingerprint density at radius 2 is 2.36 bits per heavy atom. The highest BCUT2D eigenvalue weighted by Crippen LogP contribution is 2.09. The molecule has 0 aromatic heterocycles. The van der Waals surface area contributed by atoms with Gasteiger partial charge in [0.2, 0.25) is 0 Å². The summed E-state index contributed by atoms with van der Waals surface area (Å²) in [5.41, 5.74) is 0. The summed E-state index contributed by atoms with van der Waals surface area (Å²) < 4.78 is 0. The fourth-order valence-corrected chi connectivity index (χ4v) is 1.51. The molecule has 0 N–H and O–H groups in total. The lowest BCUT2D eigenvalue weighted by atomic mass is 10.1. The van der Waals surface area contributed by atoms with Gasteiger partial charge in [0.05, 0.1) is 12.7 Å². The smallest absolute Gasteiger partial charge is 0.137 e. The van der Waals surface area contributed by atoms with Gasteiger partial charge in [-0.3, -0.25) is 9.80 Å². The summed E-state index contributed by atoms with van der Waals surface area (Å²) in [4.78, 5) is 15.0. The van der Waals surface area contributed by atoms with Crippen molar-refractivity contribution in [2.45, 2.75) is 19.4 Å². The second-order valence-electron chi connectivity index (χ2n) is 3.12. The topological polar surface area (TPSA) is 23.6 Å². The van der Waals surface area contributed by atoms with Crippen molar-refractivity contribution in [1.29, 1.82) is 0 Å². The second kappa shape index (κ2) is 3.83. The molecule has 0 aromatic carbocycles. The fourth-order valence-electron chi connectivity index (χ4n) is 1.51. The molecule has 1 aliphatic heterocycles. The summed E-state index contributed by atoms with van der Waals surface area (Å²) in [6.45, 7) is 5.03. The standard InChI is InChI=1S/C8H16N2O/c1-3-10-7-9(2)5-4-8(10)6-11/h6,8H,3-5,7H2,1-2H3. The van der Waals surface area contributed by atoms with Crippen molar-refractivity contribution in [2.24, 2.45) is 0 Å². The molecule has 0 spiro atoms. The molecule has 1 aliphatic rings. The Labute approximate surface area is 68.0 Å². The van der Waals surface area contributed by atoms with Gasteiger partial charge in [0.25, 0.3) is 0 Å². The minimum atomic E-state index is 0.163. The Morgan fingerprint density at radius 1 is 1.64 bits per heavy atom. The molecule has 1 fully saturated rings. The van der Waals surface area contributed by atoms with Gasteiger partial charge in [-0.05, 0) is 20.0 Å². The molecule has 3 nitrogen and oxygen atoms in total. The van der Waals surface area contributed by atoms with Crippen molar-refractivity contribution in [3.63, 3.8) is 0 Å². The van der Waals surface area contributed by atoms with Crippen LogP contribution in [0.1, 0.15) is 13.3 Å². The summed E-state index contributed by atoms with van der Waals surface area (Å²) in [6, 6.07) is 0.163. The van der Waals surface area contributed by atoms with E-state index in [9.17, 15) is 4.79 Å². The third-order valence-corrected chi connectivity index (χ3v) is 2.26. The van der Waals surface area contributed by atoms with Gasteiger partial charge >= 0.3 is 0 Å². The first kappa shape index (κ1) is 8.68. The average molecular weight is 156 g/mol. The lowest BCUT2D eigenvalue weighted by molar-refractivity contribution is -0.115. The third-order valence-electron chi connectivity index (χ3n) is 2.26. The molecule has 1 unspecified atom stereocenters. The van der Waals surface area contributed by atoms with Crippen molar-refractivity contribution in [3.05, 3.63) is 0 Å². The van der Waals surface area contributed by atoms with E-state index in [1.165, 1.54) is 0 Å². The number of rotatable bonds is 2. The van der Waals surface area contributed by atoms with E-state index in [2.05, 4.69) is 23.8 Å². The van der Waals surface area contributed by atoms with Gasteiger partial charge in [0, 0.05) is 6.54 Å². The van der Waals surface area contributed by atoms with Gasteiger partial charge in [-0.25, -0.2) is 0 Å². The zero-order valence-corrected chi connectivity index (χ0v) is 7.29. The quantitative estimate of drug-likeness (QED) is 0.532. The second-order valence-corrected chi connectivity index (χ2v) is 3.12. The van der Waals surface area contributed by atoms with Gasteiger partial charge in [-0.2, -0.15) is 0 Å². The Hall–Kier alpha value is -0.410. The fraction of sp³-hybridized carbons (Fsp3) is 0.875. The van der Waals surface area contributed by atoms with Gasteiger partial charge in [-0.1, -0.05) is 6.92 Å². The Morgan fingerprint density at radius 3 is 2.91 bits per heavy atom. The number of nitrogens with zero attached hydrogens (tertiary/aromatic N) is 2. The third kappa shape index (κ3) is 2.01. The van der Waals surface area contributed by atoms with E-state index in [1.54, 1.807) is 0 Å². The van der Waals surface area contributed by atoms with Crippen molar-refractivity contribution in [3.8, 4) is 0 Å². The zero-order valence-electron chi connectivity index (χ0n) is 7.29. The maximum Gasteiger partial charge on any atom is 0.137 e. The Kier molecular flexibility index (Phi) is 3.02. The van der Waals surface area contributed by atoms with Crippen LogP contribution in [-0.4, -0.2) is 48.9 Å². The first-order valence-corrected chi connectivity index (χ1v) is 4.15. The minimum Gasteiger partial charge on any atom is -0.302 e. The molecule has 1 saturated heterocycles. The molecule has 1 atom stereocenters. The van der Waals surface area contributed by atoms with Crippen molar-refractivity contribution < 1.29 is 4.79 Å². The molecule has 1 heterocycles. The molecule has 0 aliphatic carbocycles. The summed E-state index contributed by atoms with van der Waals surface area (Å²) in [5.74, 6) is 0. The number of likely N-dealkylation sites (N-methyl/N-ethyl adjacent to an activating group) is 1. The van der Waals surface area contributed by atoms with E-state index in [4.69, 9.17) is 0 Å². The van der Waals surface area contributed by atoms with Crippen LogP contribution >= 0.6 is 0 Å². The highest BCUT2D eigenvalue weighted by molar-refractivity contribution is 5.57. The van der Waals surface area contributed by atoms with Crippen molar-refractivity contribution >= 4 is 6.29 Å². The summed E-state index contributed by atoms with van der Waals surface area (Å²) >= 11 is 0. The predicted octanol–water partition coefficient (Wildman–Crippen LogP) is 0.169. The lowest BCUT2D eigenvalue weighted by Crippen LogP contribution is -2.49.